The summed E-state index contributed by atoms with van der Waals surface area (Å²) in [5.74, 6) is 0.361. The lowest BCUT2D eigenvalue weighted by atomic mass is 10.0. The van der Waals surface area contributed by atoms with Crippen molar-refractivity contribution in [1.29, 1.82) is 0 Å². The smallest absolute Gasteiger partial charge is 0.243 e. The van der Waals surface area contributed by atoms with Crippen molar-refractivity contribution in [2.45, 2.75) is 19.3 Å². The summed E-state index contributed by atoms with van der Waals surface area (Å²) in [6.45, 7) is 1.92. The molecule has 0 saturated heterocycles. The van der Waals surface area contributed by atoms with Gasteiger partial charge in [-0.3, -0.25) is 4.79 Å². The van der Waals surface area contributed by atoms with Gasteiger partial charge >= 0.3 is 0 Å². The summed E-state index contributed by atoms with van der Waals surface area (Å²) >= 11 is 0. The molecule has 0 heterocycles. The lowest BCUT2D eigenvalue weighted by Gasteiger charge is -2.05. The third-order valence-electron chi connectivity index (χ3n) is 5.10. The highest BCUT2D eigenvalue weighted by Crippen LogP contribution is 2.47. The second-order valence-electron chi connectivity index (χ2n) is 6.98. The molecular weight excluding hydrogens is 332 g/mol. The van der Waals surface area contributed by atoms with Crippen molar-refractivity contribution in [3.05, 3.63) is 96.1 Å². The van der Waals surface area contributed by atoms with Crippen LogP contribution in [0.2, 0.25) is 0 Å². The average molecular weight is 354 g/mol. The maximum atomic E-state index is 12.3. The van der Waals surface area contributed by atoms with Crippen LogP contribution >= 0.6 is 0 Å². The van der Waals surface area contributed by atoms with E-state index in [2.05, 4.69) is 46.9 Å². The molecule has 134 valence electrons. The largest absolute Gasteiger partial charge is 0.273 e. The molecule has 3 nitrogen and oxygen atoms in total. The minimum atomic E-state index is 0.00380. The van der Waals surface area contributed by atoms with E-state index >= 15 is 0 Å². The van der Waals surface area contributed by atoms with E-state index in [-0.39, 0.29) is 11.8 Å². The van der Waals surface area contributed by atoms with Gasteiger partial charge in [-0.1, -0.05) is 84.9 Å². The van der Waals surface area contributed by atoms with Gasteiger partial charge in [0.05, 0.1) is 5.71 Å². The van der Waals surface area contributed by atoms with Gasteiger partial charge in [0.2, 0.25) is 5.91 Å². The second-order valence-corrected chi connectivity index (χ2v) is 6.98. The average Bonchev–Trinajstić information content (AvgIpc) is 3.54. The maximum Gasteiger partial charge on any atom is 0.243 e. The number of nitrogens with zero attached hydrogens (tertiary/aromatic N) is 1. The highest BCUT2D eigenvalue weighted by Gasteiger charge is 2.43. The molecule has 3 aromatic carbocycles. The van der Waals surface area contributed by atoms with E-state index in [1.54, 1.807) is 0 Å². The lowest BCUT2D eigenvalue weighted by molar-refractivity contribution is -0.122. The third kappa shape index (κ3) is 3.98. The van der Waals surface area contributed by atoms with Crippen LogP contribution in [0.4, 0.5) is 0 Å². The molecule has 1 aliphatic carbocycles. The predicted molar refractivity (Wildman–Crippen MR) is 110 cm³/mol. The number of carbonyl (C=O) groups excluding carboxylic acids is 1. The van der Waals surface area contributed by atoms with Crippen molar-refractivity contribution >= 4 is 11.6 Å². The molecule has 2 atom stereocenters. The normalized spacial score (nSPS) is 18.8. The van der Waals surface area contributed by atoms with E-state index in [0.717, 1.165) is 17.7 Å². The van der Waals surface area contributed by atoms with Crippen LogP contribution in [0, 0.1) is 5.92 Å². The number of benzene rings is 3. The Morgan fingerprint density at radius 2 is 1.44 bits per heavy atom. The molecule has 1 aliphatic rings. The molecule has 0 aromatic heterocycles. The Bertz CT molecular complexity index is 947. The fourth-order valence-electron chi connectivity index (χ4n) is 3.37. The fourth-order valence-corrected chi connectivity index (χ4v) is 3.37. The van der Waals surface area contributed by atoms with Gasteiger partial charge in [0.25, 0.3) is 0 Å². The van der Waals surface area contributed by atoms with Gasteiger partial charge in [-0.25, -0.2) is 5.43 Å². The van der Waals surface area contributed by atoms with E-state index < -0.39 is 0 Å². The number of amides is 1. The van der Waals surface area contributed by atoms with Crippen LogP contribution in [0.25, 0.3) is 11.1 Å². The van der Waals surface area contributed by atoms with E-state index in [1.807, 2.05) is 55.5 Å². The Morgan fingerprint density at radius 1 is 0.852 bits per heavy atom. The number of hydrogen-bond acceptors (Lipinski definition) is 2. The van der Waals surface area contributed by atoms with Gasteiger partial charge in [0, 0.05) is 5.92 Å². The molecule has 4 rings (SSSR count). The van der Waals surface area contributed by atoms with Gasteiger partial charge < -0.3 is 0 Å². The van der Waals surface area contributed by atoms with E-state index in [0.29, 0.717) is 5.92 Å². The first-order valence-electron chi connectivity index (χ1n) is 9.27. The number of carbonyl (C=O) groups is 1. The third-order valence-corrected chi connectivity index (χ3v) is 5.10. The Kier molecular flexibility index (Phi) is 4.84. The fraction of sp³-hybridized carbons (Fsp3) is 0.167. The van der Waals surface area contributed by atoms with Crippen molar-refractivity contribution in [3.8, 4) is 11.1 Å². The molecule has 0 unspecified atom stereocenters. The van der Waals surface area contributed by atoms with Crippen molar-refractivity contribution in [1.82, 2.24) is 5.43 Å². The van der Waals surface area contributed by atoms with Crippen molar-refractivity contribution in [3.63, 3.8) is 0 Å². The quantitative estimate of drug-likeness (QED) is 0.508. The van der Waals surface area contributed by atoms with Crippen LogP contribution in [0.1, 0.15) is 30.4 Å². The Balaban J connectivity index is 1.38. The van der Waals surface area contributed by atoms with Crippen LogP contribution in [0.15, 0.2) is 90.0 Å². The van der Waals surface area contributed by atoms with Crippen LogP contribution < -0.4 is 5.43 Å². The molecular formula is C24H22N2O. The summed E-state index contributed by atoms with van der Waals surface area (Å²) in [5, 5.41) is 4.30. The highest BCUT2D eigenvalue weighted by atomic mass is 16.2. The highest BCUT2D eigenvalue weighted by molar-refractivity contribution is 5.99. The summed E-state index contributed by atoms with van der Waals surface area (Å²) in [6, 6.07) is 28.7. The number of hydrogen-bond donors (Lipinski definition) is 1. The SMILES string of the molecule is CC(=NNC(=O)[C@H]1C[C@@H]1c1ccccc1)c1ccc(-c2ccccc2)cc1. The summed E-state index contributed by atoms with van der Waals surface area (Å²) in [7, 11) is 0. The van der Waals surface area contributed by atoms with Crippen molar-refractivity contribution < 1.29 is 4.79 Å². The summed E-state index contributed by atoms with van der Waals surface area (Å²) < 4.78 is 0. The molecule has 1 amide bonds. The molecule has 3 aromatic rings. The Hall–Kier alpha value is -3.20. The van der Waals surface area contributed by atoms with Crippen LogP contribution in [0.3, 0.4) is 0 Å². The molecule has 1 saturated carbocycles. The van der Waals surface area contributed by atoms with Gasteiger partial charge in [-0.15, -0.1) is 0 Å². The first kappa shape index (κ1) is 17.2. The summed E-state index contributed by atoms with van der Waals surface area (Å²) in [6.07, 6.45) is 0.899. The molecule has 0 bridgehead atoms. The number of hydrazone groups is 1. The zero-order chi connectivity index (χ0) is 18.6. The first-order valence-corrected chi connectivity index (χ1v) is 9.27. The summed E-state index contributed by atoms with van der Waals surface area (Å²) in [5.41, 5.74) is 8.13. The van der Waals surface area contributed by atoms with Crippen molar-refractivity contribution in [2.75, 3.05) is 0 Å². The molecule has 1 N–H and O–H groups in total. The van der Waals surface area contributed by atoms with E-state index in [1.165, 1.54) is 16.7 Å². The molecule has 27 heavy (non-hydrogen) atoms. The minimum absolute atomic E-state index is 0.00380. The first-order chi connectivity index (χ1) is 13.2. The zero-order valence-corrected chi connectivity index (χ0v) is 15.3. The molecule has 1 fully saturated rings. The minimum Gasteiger partial charge on any atom is -0.273 e. The zero-order valence-electron chi connectivity index (χ0n) is 15.3. The van der Waals surface area contributed by atoms with Crippen LogP contribution in [0.5, 0.6) is 0 Å². The second kappa shape index (κ2) is 7.58. The van der Waals surface area contributed by atoms with Gasteiger partial charge in [-0.05, 0) is 41.5 Å². The topological polar surface area (TPSA) is 41.5 Å². The van der Waals surface area contributed by atoms with E-state index in [4.69, 9.17) is 0 Å². The van der Waals surface area contributed by atoms with Gasteiger partial charge in [0.15, 0.2) is 0 Å². The van der Waals surface area contributed by atoms with Crippen molar-refractivity contribution in [2.24, 2.45) is 11.0 Å². The monoisotopic (exact) mass is 354 g/mol. The van der Waals surface area contributed by atoms with Gasteiger partial charge in [-0.2, -0.15) is 5.10 Å². The maximum absolute atomic E-state index is 12.3. The van der Waals surface area contributed by atoms with Crippen LogP contribution in [-0.4, -0.2) is 11.6 Å². The number of rotatable bonds is 5. The van der Waals surface area contributed by atoms with E-state index in [9.17, 15) is 4.79 Å². The Labute approximate surface area is 159 Å². The summed E-state index contributed by atoms with van der Waals surface area (Å²) in [4.78, 5) is 12.3. The predicted octanol–water partition coefficient (Wildman–Crippen LogP) is 5.00. The van der Waals surface area contributed by atoms with Crippen LogP contribution in [-0.2, 0) is 4.79 Å². The standard InChI is InChI=1S/C24H22N2O/c1-17(18-12-14-20(15-13-18)19-8-4-2-5-9-19)25-26-24(27)23-16-22(23)21-10-6-3-7-11-21/h2-15,22-23H,16H2,1H3,(H,26,27)/t22-,23+/m1/s1. The number of nitrogens with one attached hydrogen (secondary N) is 1. The lowest BCUT2D eigenvalue weighted by Crippen LogP contribution is -2.21. The van der Waals surface area contributed by atoms with Gasteiger partial charge in [0.1, 0.15) is 0 Å². The molecule has 3 heteroatoms. The molecule has 0 aliphatic heterocycles. The Morgan fingerprint density at radius 3 is 2.11 bits per heavy atom. The molecule has 0 radical (unpaired) electrons. The molecule has 0 spiro atoms.